The van der Waals surface area contributed by atoms with Gasteiger partial charge in [0.05, 0.1) is 11.9 Å². The summed E-state index contributed by atoms with van der Waals surface area (Å²) in [7, 11) is 0. The van der Waals surface area contributed by atoms with E-state index in [-0.39, 0.29) is 6.09 Å². The van der Waals surface area contributed by atoms with Gasteiger partial charge in [0.1, 0.15) is 11.8 Å². The fraction of sp³-hybridized carbons (Fsp3) is 0.647. The molecule has 1 aromatic rings. The van der Waals surface area contributed by atoms with Crippen LogP contribution in [-0.2, 0) is 4.74 Å². The monoisotopic (exact) mass is 399 g/mol. The fourth-order valence-corrected chi connectivity index (χ4v) is 3.10. The maximum Gasteiger partial charge on any atom is 0.410 e. The fourth-order valence-electron chi connectivity index (χ4n) is 2.74. The first-order chi connectivity index (χ1) is 11.2. The number of likely N-dealkylation sites (tertiary alicyclic amines) is 1. The molecule has 24 heavy (non-hydrogen) atoms. The van der Waals surface area contributed by atoms with Gasteiger partial charge in [-0.1, -0.05) is 0 Å². The number of nitrogens with zero attached hydrogens (tertiary/aromatic N) is 2. The minimum atomic E-state index is -0.626. The smallest absolute Gasteiger partial charge is 0.410 e. The second-order valence-electron chi connectivity index (χ2n) is 7.20. The summed E-state index contributed by atoms with van der Waals surface area (Å²) in [6.07, 6.45) is 4.89. The zero-order chi connectivity index (χ0) is 17.7. The number of carbonyl (C=O) groups is 1. The van der Waals surface area contributed by atoms with Crippen LogP contribution in [-0.4, -0.2) is 46.0 Å². The molecule has 0 aromatic carbocycles. The average molecular weight is 400 g/mol. The number of amides is 1. The summed E-state index contributed by atoms with van der Waals surface area (Å²) in [5, 5.41) is 13.3. The first-order valence-corrected chi connectivity index (χ1v) is 9.05. The molecule has 1 amide bonds. The van der Waals surface area contributed by atoms with Crippen LogP contribution in [0.25, 0.3) is 0 Å². The number of rotatable bonds is 4. The van der Waals surface area contributed by atoms with E-state index in [0.29, 0.717) is 25.4 Å². The summed E-state index contributed by atoms with van der Waals surface area (Å²) >= 11 is 3.36. The van der Waals surface area contributed by atoms with Gasteiger partial charge in [-0.25, -0.2) is 4.79 Å². The summed E-state index contributed by atoms with van der Waals surface area (Å²) in [5.41, 5.74) is 0.314. The third-order valence-corrected chi connectivity index (χ3v) is 4.29. The van der Waals surface area contributed by atoms with Gasteiger partial charge in [-0.2, -0.15) is 0 Å². The molecule has 0 saturated carbocycles. The van der Waals surface area contributed by atoms with Crippen molar-refractivity contribution in [3.63, 3.8) is 0 Å². The van der Waals surface area contributed by atoms with Crippen LogP contribution in [0.1, 0.15) is 40.0 Å². The molecule has 1 unspecified atom stereocenters. The molecule has 6 nitrogen and oxygen atoms in total. The molecule has 1 aromatic heterocycles. The Morgan fingerprint density at radius 2 is 2.12 bits per heavy atom. The number of nitrogens with one attached hydrogen (secondary N) is 1. The molecule has 1 atom stereocenters. The van der Waals surface area contributed by atoms with Crippen LogP contribution in [0.4, 0.5) is 10.5 Å². The molecule has 1 saturated heterocycles. The highest BCUT2D eigenvalue weighted by molar-refractivity contribution is 9.10. The number of anilines is 1. The van der Waals surface area contributed by atoms with Gasteiger partial charge >= 0.3 is 6.09 Å². The number of ether oxygens (including phenoxy) is 1. The van der Waals surface area contributed by atoms with Crippen LogP contribution in [0.5, 0.6) is 0 Å². The molecule has 0 aliphatic carbocycles. The van der Waals surface area contributed by atoms with Crippen molar-refractivity contribution in [2.45, 2.75) is 51.9 Å². The van der Waals surface area contributed by atoms with E-state index >= 15 is 0 Å². The highest BCUT2D eigenvalue weighted by Crippen LogP contribution is 2.24. The Kier molecular flexibility index (Phi) is 6.46. The van der Waals surface area contributed by atoms with Crippen molar-refractivity contribution < 1.29 is 14.6 Å². The third kappa shape index (κ3) is 6.28. The molecule has 1 fully saturated rings. The van der Waals surface area contributed by atoms with Crippen LogP contribution >= 0.6 is 15.9 Å². The van der Waals surface area contributed by atoms with Crippen molar-refractivity contribution in [2.24, 2.45) is 5.92 Å². The van der Waals surface area contributed by atoms with Crippen molar-refractivity contribution >= 4 is 27.7 Å². The zero-order valence-corrected chi connectivity index (χ0v) is 16.0. The number of pyridine rings is 1. The molecule has 2 N–H and O–H groups in total. The van der Waals surface area contributed by atoms with Crippen LogP contribution in [0, 0.1) is 5.92 Å². The van der Waals surface area contributed by atoms with E-state index in [4.69, 9.17) is 4.74 Å². The van der Waals surface area contributed by atoms with Crippen molar-refractivity contribution in [2.75, 3.05) is 18.4 Å². The van der Waals surface area contributed by atoms with Crippen molar-refractivity contribution in [3.8, 4) is 0 Å². The summed E-state index contributed by atoms with van der Waals surface area (Å²) in [6, 6.07) is 1.88. The van der Waals surface area contributed by atoms with E-state index < -0.39 is 11.8 Å². The van der Waals surface area contributed by atoms with Gasteiger partial charge in [0.15, 0.2) is 0 Å². The maximum atomic E-state index is 12.0. The number of aliphatic hydroxyl groups is 1. The summed E-state index contributed by atoms with van der Waals surface area (Å²) in [4.78, 5) is 17.9. The lowest BCUT2D eigenvalue weighted by Gasteiger charge is -2.34. The highest BCUT2D eigenvalue weighted by atomic mass is 79.9. The largest absolute Gasteiger partial charge is 0.444 e. The van der Waals surface area contributed by atoms with Gasteiger partial charge < -0.3 is 20.1 Å². The third-order valence-electron chi connectivity index (χ3n) is 3.86. The number of aromatic nitrogens is 1. The molecule has 2 heterocycles. The lowest BCUT2D eigenvalue weighted by atomic mass is 9.93. The van der Waals surface area contributed by atoms with Crippen LogP contribution < -0.4 is 5.32 Å². The number of hydrogen-bond acceptors (Lipinski definition) is 5. The number of hydrogen-bond donors (Lipinski definition) is 2. The molecule has 0 radical (unpaired) electrons. The molecule has 1 aliphatic heterocycles. The summed E-state index contributed by atoms with van der Waals surface area (Å²) in [6.45, 7) is 6.96. The van der Waals surface area contributed by atoms with Gasteiger partial charge in [-0.15, -0.1) is 0 Å². The molecular weight excluding hydrogens is 374 g/mol. The molecule has 7 heteroatoms. The first kappa shape index (κ1) is 19.0. The first-order valence-electron chi connectivity index (χ1n) is 8.26. The number of piperidine rings is 1. The van der Waals surface area contributed by atoms with Crippen molar-refractivity contribution in [1.82, 2.24) is 9.88 Å². The maximum absolute atomic E-state index is 12.0. The Morgan fingerprint density at radius 1 is 1.46 bits per heavy atom. The standard InChI is InChI=1S/C17H26BrN3O3/c1-17(2,3)24-16(23)21-6-4-12(5-7-21)8-15(22)20-14-9-13(18)10-19-11-14/h9-12,15,20,22H,4-8H2,1-3H3. The zero-order valence-electron chi connectivity index (χ0n) is 14.5. The number of halogens is 1. The molecular formula is C17H26BrN3O3. The van der Waals surface area contributed by atoms with Gasteiger partial charge in [0.25, 0.3) is 0 Å². The summed E-state index contributed by atoms with van der Waals surface area (Å²) < 4.78 is 6.26. The predicted octanol–water partition coefficient (Wildman–Crippen LogP) is 3.61. The van der Waals surface area contributed by atoms with Crippen molar-refractivity contribution in [3.05, 3.63) is 22.9 Å². The SMILES string of the molecule is CC(C)(C)OC(=O)N1CCC(CC(O)Nc2cncc(Br)c2)CC1. The molecule has 0 spiro atoms. The minimum absolute atomic E-state index is 0.250. The van der Waals surface area contributed by atoms with E-state index in [1.54, 1.807) is 17.3 Å². The molecule has 0 bridgehead atoms. The molecule has 134 valence electrons. The van der Waals surface area contributed by atoms with E-state index in [1.807, 2.05) is 26.8 Å². The highest BCUT2D eigenvalue weighted by Gasteiger charge is 2.27. The normalized spacial score (nSPS) is 17.5. The van der Waals surface area contributed by atoms with Crippen LogP contribution in [0.3, 0.4) is 0 Å². The van der Waals surface area contributed by atoms with E-state index in [2.05, 4.69) is 26.2 Å². The van der Waals surface area contributed by atoms with Gasteiger partial charge in [0, 0.05) is 23.8 Å². The Bertz CT molecular complexity index is 554. The summed E-state index contributed by atoms with van der Waals surface area (Å²) in [5.74, 6) is 0.381. The second kappa shape index (κ2) is 8.16. The Balaban J connectivity index is 1.75. The van der Waals surface area contributed by atoms with Crippen LogP contribution in [0.2, 0.25) is 0 Å². The predicted molar refractivity (Wildman–Crippen MR) is 96.7 cm³/mol. The average Bonchev–Trinajstić information content (AvgIpc) is 2.46. The Labute approximate surface area is 151 Å². The number of aliphatic hydroxyl groups excluding tert-OH is 1. The topological polar surface area (TPSA) is 74.7 Å². The second-order valence-corrected chi connectivity index (χ2v) is 8.11. The van der Waals surface area contributed by atoms with Crippen LogP contribution in [0.15, 0.2) is 22.9 Å². The minimum Gasteiger partial charge on any atom is -0.444 e. The quantitative estimate of drug-likeness (QED) is 0.756. The van der Waals surface area contributed by atoms with E-state index in [1.165, 1.54) is 0 Å². The van der Waals surface area contributed by atoms with E-state index in [9.17, 15) is 9.90 Å². The Morgan fingerprint density at radius 3 is 2.71 bits per heavy atom. The van der Waals surface area contributed by atoms with Gasteiger partial charge in [0.2, 0.25) is 0 Å². The molecule has 1 aliphatic rings. The molecule has 2 rings (SSSR count). The lowest BCUT2D eigenvalue weighted by Crippen LogP contribution is -2.42. The Hall–Kier alpha value is -1.34. The van der Waals surface area contributed by atoms with E-state index in [0.717, 1.165) is 23.0 Å². The van der Waals surface area contributed by atoms with Gasteiger partial charge in [-0.05, 0) is 67.9 Å². The number of carbonyl (C=O) groups excluding carboxylic acids is 1. The van der Waals surface area contributed by atoms with Crippen molar-refractivity contribution in [1.29, 1.82) is 0 Å². The lowest BCUT2D eigenvalue weighted by molar-refractivity contribution is 0.0166. The van der Waals surface area contributed by atoms with Gasteiger partial charge in [-0.3, -0.25) is 4.98 Å².